The first kappa shape index (κ1) is 22.9. The summed E-state index contributed by atoms with van der Waals surface area (Å²) >= 11 is 5.98. The molecule has 34 heavy (non-hydrogen) atoms. The summed E-state index contributed by atoms with van der Waals surface area (Å²) in [6.45, 7) is 0. The number of rotatable bonds is 6. The largest absolute Gasteiger partial charge is 0.374 e. The van der Waals surface area contributed by atoms with Gasteiger partial charge in [0.25, 0.3) is 11.1 Å². The van der Waals surface area contributed by atoms with Crippen LogP contribution < -0.4 is 33.1 Å². The molecular weight excluding hydrogens is 460 g/mol. The highest BCUT2D eigenvalue weighted by molar-refractivity contribution is 6.30. The van der Waals surface area contributed by atoms with Gasteiger partial charge in [0.1, 0.15) is 11.6 Å². The predicted molar refractivity (Wildman–Crippen MR) is 132 cm³/mol. The lowest BCUT2D eigenvalue weighted by Crippen LogP contribution is -2.34. The van der Waals surface area contributed by atoms with E-state index in [-0.39, 0.29) is 22.8 Å². The van der Waals surface area contributed by atoms with Gasteiger partial charge >= 0.3 is 11.4 Å². The Morgan fingerprint density at radius 3 is 1.47 bits per heavy atom. The zero-order valence-corrected chi connectivity index (χ0v) is 19.0. The Balaban J connectivity index is 1.98. The number of halogens is 1. The molecule has 6 N–H and O–H groups in total. The van der Waals surface area contributed by atoms with Gasteiger partial charge in [-0.05, 0) is 28.8 Å². The highest BCUT2D eigenvalue weighted by Crippen LogP contribution is 2.34. The van der Waals surface area contributed by atoms with E-state index in [0.717, 1.165) is 11.1 Å². The minimum atomic E-state index is -0.939. The van der Waals surface area contributed by atoms with E-state index >= 15 is 0 Å². The minimum absolute atomic E-state index is 0.107. The number of benzene rings is 2. The van der Waals surface area contributed by atoms with Gasteiger partial charge in [0.05, 0.1) is 17.0 Å². The molecule has 4 aromatic rings. The standard InChI is InChI=1S/C23H21ClN6O4/c1-25-18-16(20(31)29-22(33)27-18)15(17-19(26-2)28-23(34)30-21(17)32)13-5-3-11(4-6-13)12-7-9-14(24)10-8-12/h3-10,15H,1-2H3,(H3,25,27,29,31,33)(H3,26,28,30,32,34). The van der Waals surface area contributed by atoms with Crippen LogP contribution in [-0.2, 0) is 0 Å². The van der Waals surface area contributed by atoms with Gasteiger partial charge in [0, 0.05) is 19.1 Å². The number of nitrogens with one attached hydrogen (secondary N) is 6. The van der Waals surface area contributed by atoms with Crippen molar-refractivity contribution in [3.8, 4) is 11.1 Å². The molecule has 0 unspecified atom stereocenters. The Morgan fingerprint density at radius 2 is 1.06 bits per heavy atom. The molecule has 0 aliphatic rings. The van der Waals surface area contributed by atoms with Crippen molar-refractivity contribution >= 4 is 23.2 Å². The Hall–Kier alpha value is -4.31. The SMILES string of the molecule is CNc1[nH]c(=O)[nH]c(=O)c1C(c1ccc(-c2ccc(Cl)cc2)cc1)c1c(NC)[nH]c(=O)[nH]c1=O. The second-order valence-electron chi connectivity index (χ2n) is 7.46. The maximum atomic E-state index is 13.0. The molecule has 10 nitrogen and oxygen atoms in total. The van der Waals surface area contributed by atoms with E-state index in [9.17, 15) is 19.2 Å². The second kappa shape index (κ2) is 9.28. The van der Waals surface area contributed by atoms with E-state index in [4.69, 9.17) is 11.6 Å². The van der Waals surface area contributed by atoms with Gasteiger partial charge in [0.2, 0.25) is 0 Å². The normalized spacial score (nSPS) is 10.9. The van der Waals surface area contributed by atoms with Crippen molar-refractivity contribution in [1.82, 2.24) is 19.9 Å². The lowest BCUT2D eigenvalue weighted by atomic mass is 9.85. The molecule has 174 valence electrons. The molecule has 0 atom stereocenters. The van der Waals surface area contributed by atoms with E-state index in [1.165, 1.54) is 0 Å². The quantitative estimate of drug-likeness (QED) is 0.248. The second-order valence-corrected chi connectivity index (χ2v) is 7.89. The third kappa shape index (κ3) is 4.30. The first-order valence-electron chi connectivity index (χ1n) is 10.3. The maximum Gasteiger partial charge on any atom is 0.327 e. The van der Waals surface area contributed by atoms with Crippen molar-refractivity contribution in [2.75, 3.05) is 24.7 Å². The van der Waals surface area contributed by atoms with Gasteiger partial charge in [-0.2, -0.15) is 0 Å². The van der Waals surface area contributed by atoms with Crippen LogP contribution in [0, 0.1) is 0 Å². The first-order valence-corrected chi connectivity index (χ1v) is 10.6. The Kier molecular flexibility index (Phi) is 6.24. The smallest absolute Gasteiger partial charge is 0.327 e. The minimum Gasteiger partial charge on any atom is -0.374 e. The van der Waals surface area contributed by atoms with Crippen LogP contribution in [0.1, 0.15) is 22.6 Å². The summed E-state index contributed by atoms with van der Waals surface area (Å²) in [7, 11) is 3.09. The van der Waals surface area contributed by atoms with Crippen LogP contribution in [-0.4, -0.2) is 34.0 Å². The fourth-order valence-corrected chi connectivity index (χ4v) is 4.05. The Labute approximate surface area is 197 Å². The van der Waals surface area contributed by atoms with Crippen molar-refractivity contribution in [3.05, 3.63) is 112 Å². The van der Waals surface area contributed by atoms with Gasteiger partial charge in [-0.25, -0.2) is 9.59 Å². The van der Waals surface area contributed by atoms with E-state index in [1.54, 1.807) is 38.4 Å². The monoisotopic (exact) mass is 480 g/mol. The van der Waals surface area contributed by atoms with E-state index in [1.807, 2.05) is 24.3 Å². The molecule has 2 aromatic carbocycles. The molecule has 0 saturated heterocycles. The number of anilines is 2. The summed E-state index contributed by atoms with van der Waals surface area (Å²) in [5.74, 6) is -0.647. The average molecular weight is 481 g/mol. The molecule has 0 saturated carbocycles. The summed E-state index contributed by atoms with van der Waals surface area (Å²) in [5.41, 5.74) is -0.110. The molecule has 0 aliphatic carbocycles. The molecule has 2 aromatic heterocycles. The fourth-order valence-electron chi connectivity index (χ4n) is 3.93. The van der Waals surface area contributed by atoms with E-state index in [0.29, 0.717) is 10.6 Å². The Bertz CT molecular complexity index is 1490. The van der Waals surface area contributed by atoms with Gasteiger partial charge in [-0.3, -0.25) is 29.5 Å². The van der Waals surface area contributed by atoms with Gasteiger partial charge in [-0.15, -0.1) is 0 Å². The zero-order chi connectivity index (χ0) is 24.4. The van der Waals surface area contributed by atoms with Crippen molar-refractivity contribution < 1.29 is 0 Å². The van der Waals surface area contributed by atoms with E-state index < -0.39 is 28.4 Å². The predicted octanol–water partition coefficient (Wildman–Crippen LogP) is 2.02. The van der Waals surface area contributed by atoms with Gasteiger partial charge < -0.3 is 10.6 Å². The van der Waals surface area contributed by atoms with Crippen molar-refractivity contribution in [2.45, 2.75) is 5.92 Å². The highest BCUT2D eigenvalue weighted by atomic mass is 35.5. The third-order valence-electron chi connectivity index (χ3n) is 5.46. The summed E-state index contributed by atoms with van der Waals surface area (Å²) in [5, 5.41) is 6.25. The molecule has 0 fully saturated rings. The highest BCUT2D eigenvalue weighted by Gasteiger charge is 2.29. The van der Waals surface area contributed by atoms with Crippen molar-refractivity contribution in [2.24, 2.45) is 0 Å². The summed E-state index contributed by atoms with van der Waals surface area (Å²) < 4.78 is 0. The van der Waals surface area contributed by atoms with Crippen LogP contribution >= 0.6 is 11.6 Å². The number of aromatic amines is 4. The molecular formula is C23H21ClN6O4. The van der Waals surface area contributed by atoms with Crippen LogP contribution in [0.3, 0.4) is 0 Å². The summed E-state index contributed by atoms with van der Waals surface area (Å²) in [6, 6.07) is 14.6. The lowest BCUT2D eigenvalue weighted by molar-refractivity contribution is 0.864. The van der Waals surface area contributed by atoms with Gasteiger partial charge in [-0.1, -0.05) is 48.0 Å². The Morgan fingerprint density at radius 1 is 0.647 bits per heavy atom. The molecule has 11 heteroatoms. The molecule has 0 aliphatic heterocycles. The van der Waals surface area contributed by atoms with Crippen LogP contribution in [0.4, 0.5) is 11.6 Å². The van der Waals surface area contributed by atoms with Crippen LogP contribution in [0.5, 0.6) is 0 Å². The molecule has 0 bridgehead atoms. The summed E-state index contributed by atoms with van der Waals surface area (Å²) in [6.07, 6.45) is 0. The molecule has 0 spiro atoms. The molecule has 0 amide bonds. The number of H-pyrrole nitrogens is 4. The van der Waals surface area contributed by atoms with Crippen LogP contribution in [0.25, 0.3) is 11.1 Å². The topological polar surface area (TPSA) is 155 Å². The number of hydrogen-bond acceptors (Lipinski definition) is 6. The van der Waals surface area contributed by atoms with Crippen molar-refractivity contribution in [3.63, 3.8) is 0 Å². The zero-order valence-electron chi connectivity index (χ0n) is 18.2. The lowest BCUT2D eigenvalue weighted by Gasteiger charge is -2.21. The fraction of sp³-hybridized carbons (Fsp3) is 0.130. The maximum absolute atomic E-state index is 13.0. The number of aromatic nitrogens is 4. The number of hydrogen-bond donors (Lipinski definition) is 6. The molecule has 4 rings (SSSR count). The van der Waals surface area contributed by atoms with Gasteiger partial charge in [0.15, 0.2) is 0 Å². The molecule has 2 heterocycles. The molecule has 0 radical (unpaired) electrons. The first-order chi connectivity index (χ1) is 16.3. The van der Waals surface area contributed by atoms with Crippen LogP contribution in [0.15, 0.2) is 67.7 Å². The van der Waals surface area contributed by atoms with E-state index in [2.05, 4.69) is 30.6 Å². The van der Waals surface area contributed by atoms with Crippen LogP contribution in [0.2, 0.25) is 5.02 Å². The average Bonchev–Trinajstić information content (AvgIpc) is 2.81. The third-order valence-corrected chi connectivity index (χ3v) is 5.71. The summed E-state index contributed by atoms with van der Waals surface area (Å²) in [4.78, 5) is 59.3. The van der Waals surface area contributed by atoms with Crippen molar-refractivity contribution in [1.29, 1.82) is 0 Å².